The molecule has 0 aliphatic carbocycles. The van der Waals surface area contributed by atoms with E-state index in [1.807, 2.05) is 0 Å². The Kier molecular flexibility index (Phi) is 3.52. The van der Waals surface area contributed by atoms with E-state index in [0.717, 1.165) is 12.8 Å². The van der Waals surface area contributed by atoms with Crippen molar-refractivity contribution in [2.45, 2.75) is 44.6 Å². The summed E-state index contributed by atoms with van der Waals surface area (Å²) in [5.41, 5.74) is -0.725. The fourth-order valence-corrected chi connectivity index (χ4v) is 0.825. The highest BCUT2D eigenvalue weighted by Gasteiger charge is 2.22. The van der Waals surface area contributed by atoms with Gasteiger partial charge in [-0.05, 0) is 20.3 Å². The Morgan fingerprint density at radius 1 is 1.56 bits per heavy atom. The average molecular weight is 151 g/mol. The maximum absolute atomic E-state index is 9.29. The molecule has 1 N–H and O–H groups in total. The second-order valence-electron chi connectivity index (χ2n) is 2.91. The number of alkyl halides is 1. The van der Waals surface area contributed by atoms with E-state index in [2.05, 4.69) is 6.92 Å². The number of aliphatic hydroxyl groups is 1. The van der Waals surface area contributed by atoms with E-state index in [1.165, 1.54) is 0 Å². The van der Waals surface area contributed by atoms with E-state index in [4.69, 9.17) is 11.6 Å². The van der Waals surface area contributed by atoms with Gasteiger partial charge in [0, 0.05) is 0 Å². The summed E-state index contributed by atoms with van der Waals surface area (Å²) in [6.07, 6.45) is 1.91. The van der Waals surface area contributed by atoms with Gasteiger partial charge in [-0.1, -0.05) is 13.3 Å². The van der Waals surface area contributed by atoms with Crippen LogP contribution in [0.1, 0.15) is 33.6 Å². The minimum atomic E-state index is -0.725. The molecule has 0 saturated carbocycles. The van der Waals surface area contributed by atoms with Gasteiger partial charge in [0.15, 0.2) is 0 Å². The molecule has 1 atom stereocenters. The molecule has 2 heteroatoms. The predicted octanol–water partition coefficient (Wildman–Crippen LogP) is 2.16. The van der Waals surface area contributed by atoms with Crippen molar-refractivity contribution >= 4 is 11.6 Å². The largest absolute Gasteiger partial charge is 0.389 e. The van der Waals surface area contributed by atoms with Gasteiger partial charge in [0.2, 0.25) is 0 Å². The highest BCUT2D eigenvalue weighted by Crippen LogP contribution is 2.19. The van der Waals surface area contributed by atoms with Crippen molar-refractivity contribution in [3.8, 4) is 0 Å². The van der Waals surface area contributed by atoms with Gasteiger partial charge in [-0.15, -0.1) is 11.6 Å². The molecule has 0 spiro atoms. The van der Waals surface area contributed by atoms with Crippen LogP contribution in [0.15, 0.2) is 0 Å². The molecular weight excluding hydrogens is 136 g/mol. The van der Waals surface area contributed by atoms with E-state index in [9.17, 15) is 5.11 Å². The minimum absolute atomic E-state index is 0.109. The van der Waals surface area contributed by atoms with Crippen LogP contribution >= 0.6 is 11.6 Å². The van der Waals surface area contributed by atoms with E-state index < -0.39 is 5.60 Å². The molecule has 1 unspecified atom stereocenters. The second-order valence-corrected chi connectivity index (χ2v) is 3.44. The van der Waals surface area contributed by atoms with Gasteiger partial charge < -0.3 is 5.11 Å². The Hall–Kier alpha value is 0.250. The standard InChI is InChI=1S/C7H15ClO/c1-4-5-6(8)7(2,3)9/h6,9H,4-5H2,1-3H3. The number of halogens is 1. The molecule has 9 heavy (non-hydrogen) atoms. The Labute approximate surface area is 62.0 Å². The normalized spacial score (nSPS) is 15.7. The molecule has 56 valence electrons. The SMILES string of the molecule is CCCC(Cl)C(C)(C)O. The topological polar surface area (TPSA) is 20.2 Å². The lowest BCUT2D eigenvalue weighted by molar-refractivity contribution is 0.0728. The Bertz CT molecular complexity index is 75.5. The quantitative estimate of drug-likeness (QED) is 0.612. The third-order valence-corrected chi connectivity index (χ3v) is 2.06. The minimum Gasteiger partial charge on any atom is -0.389 e. The smallest absolute Gasteiger partial charge is 0.0754 e. The van der Waals surface area contributed by atoms with Gasteiger partial charge in [0.25, 0.3) is 0 Å². The van der Waals surface area contributed by atoms with Gasteiger partial charge in [-0.25, -0.2) is 0 Å². The average Bonchev–Trinajstić information content (AvgIpc) is 1.64. The molecule has 0 aromatic carbocycles. The molecule has 0 aliphatic heterocycles. The number of hydrogen-bond donors (Lipinski definition) is 1. The highest BCUT2D eigenvalue weighted by molar-refractivity contribution is 6.21. The highest BCUT2D eigenvalue weighted by atomic mass is 35.5. The van der Waals surface area contributed by atoms with E-state index >= 15 is 0 Å². The molecule has 1 nitrogen and oxygen atoms in total. The Morgan fingerprint density at radius 2 is 2.00 bits per heavy atom. The van der Waals surface area contributed by atoms with Crippen LogP contribution in [-0.2, 0) is 0 Å². The fraction of sp³-hybridized carbons (Fsp3) is 1.00. The lowest BCUT2D eigenvalue weighted by Gasteiger charge is -2.22. The number of hydrogen-bond acceptors (Lipinski definition) is 1. The van der Waals surface area contributed by atoms with Crippen LogP contribution in [0.2, 0.25) is 0 Å². The van der Waals surface area contributed by atoms with E-state index in [0.29, 0.717) is 0 Å². The molecule has 0 bridgehead atoms. The van der Waals surface area contributed by atoms with E-state index in [1.54, 1.807) is 13.8 Å². The second kappa shape index (κ2) is 3.43. The first-order valence-corrected chi connectivity index (χ1v) is 3.78. The first-order valence-electron chi connectivity index (χ1n) is 3.35. The molecule has 0 aromatic rings. The van der Waals surface area contributed by atoms with Crippen molar-refractivity contribution in [3.63, 3.8) is 0 Å². The van der Waals surface area contributed by atoms with Crippen LogP contribution in [0.5, 0.6) is 0 Å². The summed E-state index contributed by atoms with van der Waals surface area (Å²) in [4.78, 5) is 0. The van der Waals surface area contributed by atoms with Gasteiger partial charge in [-0.3, -0.25) is 0 Å². The van der Waals surface area contributed by atoms with Crippen molar-refractivity contribution in [2.75, 3.05) is 0 Å². The number of rotatable bonds is 3. The molecule has 0 heterocycles. The molecule has 0 amide bonds. The Morgan fingerprint density at radius 3 is 2.11 bits per heavy atom. The zero-order valence-electron chi connectivity index (χ0n) is 6.32. The maximum atomic E-state index is 9.29. The van der Waals surface area contributed by atoms with Gasteiger partial charge in [0.05, 0.1) is 11.0 Å². The summed E-state index contributed by atoms with van der Waals surface area (Å²) in [5, 5.41) is 9.18. The monoisotopic (exact) mass is 150 g/mol. The summed E-state index contributed by atoms with van der Waals surface area (Å²) < 4.78 is 0. The zero-order valence-corrected chi connectivity index (χ0v) is 7.07. The maximum Gasteiger partial charge on any atom is 0.0754 e. The summed E-state index contributed by atoms with van der Waals surface area (Å²) >= 11 is 5.81. The summed E-state index contributed by atoms with van der Waals surface area (Å²) in [6.45, 7) is 5.53. The van der Waals surface area contributed by atoms with Gasteiger partial charge in [0.1, 0.15) is 0 Å². The zero-order chi connectivity index (χ0) is 7.49. The van der Waals surface area contributed by atoms with Gasteiger partial charge >= 0.3 is 0 Å². The van der Waals surface area contributed by atoms with Crippen LogP contribution in [0.3, 0.4) is 0 Å². The van der Waals surface area contributed by atoms with Crippen LogP contribution < -0.4 is 0 Å². The molecule has 0 aromatic heterocycles. The molecular formula is C7H15ClO. The summed E-state index contributed by atoms with van der Waals surface area (Å²) in [5.74, 6) is 0. The lowest BCUT2D eigenvalue weighted by Crippen LogP contribution is -2.31. The lowest BCUT2D eigenvalue weighted by atomic mass is 10.0. The van der Waals surface area contributed by atoms with Crippen molar-refractivity contribution in [3.05, 3.63) is 0 Å². The van der Waals surface area contributed by atoms with Crippen molar-refractivity contribution in [1.29, 1.82) is 0 Å². The Balaban J connectivity index is 3.59. The van der Waals surface area contributed by atoms with Crippen LogP contribution in [0.4, 0.5) is 0 Å². The predicted molar refractivity (Wildman–Crippen MR) is 40.8 cm³/mol. The molecule has 0 saturated heterocycles. The third-order valence-electron chi connectivity index (χ3n) is 1.31. The first-order chi connectivity index (χ1) is 3.98. The van der Waals surface area contributed by atoms with Crippen molar-refractivity contribution < 1.29 is 5.11 Å². The van der Waals surface area contributed by atoms with Crippen LogP contribution in [-0.4, -0.2) is 16.1 Å². The van der Waals surface area contributed by atoms with E-state index in [-0.39, 0.29) is 5.38 Å². The van der Waals surface area contributed by atoms with Gasteiger partial charge in [-0.2, -0.15) is 0 Å². The molecule has 0 aliphatic rings. The van der Waals surface area contributed by atoms with Crippen LogP contribution in [0, 0.1) is 0 Å². The fourth-order valence-electron chi connectivity index (χ4n) is 0.607. The van der Waals surface area contributed by atoms with Crippen LogP contribution in [0.25, 0.3) is 0 Å². The molecule has 0 rings (SSSR count). The molecule has 0 fully saturated rings. The summed E-state index contributed by atoms with van der Waals surface area (Å²) in [6, 6.07) is 0. The first kappa shape index (κ1) is 9.25. The summed E-state index contributed by atoms with van der Waals surface area (Å²) in [7, 11) is 0. The van der Waals surface area contributed by atoms with Crippen molar-refractivity contribution in [1.82, 2.24) is 0 Å². The van der Waals surface area contributed by atoms with Crippen molar-refractivity contribution in [2.24, 2.45) is 0 Å². The third kappa shape index (κ3) is 3.77. The molecule has 0 radical (unpaired) electrons.